The van der Waals surface area contributed by atoms with Crippen LogP contribution < -0.4 is 10.2 Å². The fraction of sp³-hybridized carbons (Fsp3) is 0.360. The average Bonchev–Trinajstić information content (AvgIpc) is 3.55. The molecule has 6 heteroatoms. The number of nitrogens with zero attached hydrogens (tertiary/aromatic N) is 4. The summed E-state index contributed by atoms with van der Waals surface area (Å²) in [5, 5.41) is 9.33. The zero-order chi connectivity index (χ0) is 20.9. The number of H-pyrrole nitrogens is 1. The minimum absolute atomic E-state index is 0.438. The van der Waals surface area contributed by atoms with E-state index in [1.807, 2.05) is 30.3 Å². The summed E-state index contributed by atoms with van der Waals surface area (Å²) in [6, 6.07) is 7.54. The first kappa shape index (κ1) is 18.6. The summed E-state index contributed by atoms with van der Waals surface area (Å²) in [6.45, 7) is 5.21. The second kappa shape index (κ2) is 7.24. The quantitative estimate of drug-likeness (QED) is 0.528. The highest BCUT2D eigenvalue weighted by Gasteiger charge is 2.26. The number of hydrogen-bond donors (Lipinski definition) is 2. The number of pyridine rings is 1. The molecule has 6 rings (SSSR count). The van der Waals surface area contributed by atoms with Gasteiger partial charge in [-0.1, -0.05) is 6.07 Å². The van der Waals surface area contributed by atoms with E-state index < -0.39 is 0 Å². The van der Waals surface area contributed by atoms with Crippen LogP contribution >= 0.6 is 0 Å². The maximum atomic E-state index is 4.68. The van der Waals surface area contributed by atoms with Gasteiger partial charge in [0.1, 0.15) is 5.65 Å². The molecule has 1 saturated heterocycles. The highest BCUT2D eigenvalue weighted by molar-refractivity contribution is 5.84. The summed E-state index contributed by atoms with van der Waals surface area (Å²) < 4.78 is 1.89. The van der Waals surface area contributed by atoms with Crippen molar-refractivity contribution >= 4 is 16.7 Å². The Kier molecular flexibility index (Phi) is 4.35. The SMILES string of the molecule is Cc1c[nH]c2ncc(-c3cc4c(c([C@@H]5CCCN5)c3)CN(c3cnn(C)c3)CC4)cc12. The lowest BCUT2D eigenvalue weighted by molar-refractivity contribution is 0.625. The maximum absolute atomic E-state index is 4.68. The Morgan fingerprint density at radius 1 is 1.13 bits per heavy atom. The van der Waals surface area contributed by atoms with Crippen LogP contribution in [0.15, 0.2) is 43.0 Å². The number of aromatic nitrogens is 4. The van der Waals surface area contributed by atoms with Gasteiger partial charge in [0.05, 0.1) is 11.9 Å². The van der Waals surface area contributed by atoms with Crippen molar-refractivity contribution in [1.82, 2.24) is 25.1 Å². The van der Waals surface area contributed by atoms with Gasteiger partial charge in [0.15, 0.2) is 0 Å². The van der Waals surface area contributed by atoms with E-state index in [4.69, 9.17) is 0 Å². The molecule has 0 amide bonds. The number of rotatable bonds is 3. The Balaban J connectivity index is 1.44. The number of nitrogens with one attached hydrogen (secondary N) is 2. The largest absolute Gasteiger partial charge is 0.364 e. The van der Waals surface area contributed by atoms with Crippen molar-refractivity contribution in [3.63, 3.8) is 0 Å². The summed E-state index contributed by atoms with van der Waals surface area (Å²) >= 11 is 0. The van der Waals surface area contributed by atoms with Gasteiger partial charge in [-0.15, -0.1) is 0 Å². The van der Waals surface area contributed by atoms with Crippen LogP contribution in [0.1, 0.15) is 41.1 Å². The van der Waals surface area contributed by atoms with Crippen LogP contribution in [0.25, 0.3) is 22.2 Å². The van der Waals surface area contributed by atoms with Crippen LogP contribution in [0.3, 0.4) is 0 Å². The third kappa shape index (κ3) is 3.22. The molecule has 1 fully saturated rings. The lowest BCUT2D eigenvalue weighted by Gasteiger charge is -2.33. The number of anilines is 1. The van der Waals surface area contributed by atoms with Crippen LogP contribution in [-0.2, 0) is 20.0 Å². The Labute approximate surface area is 182 Å². The summed E-state index contributed by atoms with van der Waals surface area (Å²) in [4.78, 5) is 10.4. The van der Waals surface area contributed by atoms with Gasteiger partial charge in [0.25, 0.3) is 0 Å². The zero-order valence-electron chi connectivity index (χ0n) is 18.2. The second-order valence-electron chi connectivity index (χ2n) is 8.99. The molecule has 3 aromatic heterocycles. The van der Waals surface area contributed by atoms with Gasteiger partial charge in [0.2, 0.25) is 0 Å². The minimum atomic E-state index is 0.438. The van der Waals surface area contributed by atoms with E-state index in [0.29, 0.717) is 6.04 Å². The normalized spacial score (nSPS) is 18.6. The Hall–Kier alpha value is -3.12. The molecule has 5 heterocycles. The molecule has 1 aromatic carbocycles. The van der Waals surface area contributed by atoms with Crippen molar-refractivity contribution in [3.8, 4) is 11.1 Å². The van der Waals surface area contributed by atoms with Crippen molar-refractivity contribution in [2.75, 3.05) is 18.0 Å². The molecule has 1 atom stereocenters. The molecule has 0 spiro atoms. The van der Waals surface area contributed by atoms with Gasteiger partial charge in [-0.2, -0.15) is 5.10 Å². The minimum Gasteiger partial charge on any atom is -0.364 e. The third-order valence-electron chi connectivity index (χ3n) is 6.94. The number of aromatic amines is 1. The van der Waals surface area contributed by atoms with Gasteiger partial charge in [-0.25, -0.2) is 4.98 Å². The van der Waals surface area contributed by atoms with Crippen molar-refractivity contribution in [2.24, 2.45) is 7.05 Å². The molecule has 0 bridgehead atoms. The zero-order valence-corrected chi connectivity index (χ0v) is 18.2. The predicted molar refractivity (Wildman–Crippen MR) is 124 cm³/mol. The van der Waals surface area contributed by atoms with Crippen LogP contribution in [0.5, 0.6) is 0 Å². The molecule has 0 radical (unpaired) electrons. The molecule has 158 valence electrons. The monoisotopic (exact) mass is 412 g/mol. The van der Waals surface area contributed by atoms with E-state index in [9.17, 15) is 0 Å². The van der Waals surface area contributed by atoms with Crippen molar-refractivity contribution in [3.05, 3.63) is 65.2 Å². The molecule has 2 aliphatic rings. The fourth-order valence-electron chi connectivity index (χ4n) is 5.21. The summed E-state index contributed by atoms with van der Waals surface area (Å²) in [7, 11) is 1.98. The van der Waals surface area contributed by atoms with Gasteiger partial charge in [-0.3, -0.25) is 4.68 Å². The Morgan fingerprint density at radius 2 is 2.06 bits per heavy atom. The molecular formula is C25H28N6. The van der Waals surface area contributed by atoms with Crippen LogP contribution in [-0.4, -0.2) is 32.8 Å². The number of aryl methyl sites for hydroxylation is 2. The van der Waals surface area contributed by atoms with Crippen LogP contribution in [0.4, 0.5) is 5.69 Å². The third-order valence-corrected chi connectivity index (χ3v) is 6.94. The van der Waals surface area contributed by atoms with E-state index in [0.717, 1.165) is 31.7 Å². The van der Waals surface area contributed by atoms with E-state index in [-0.39, 0.29) is 0 Å². The summed E-state index contributed by atoms with van der Waals surface area (Å²) in [5.74, 6) is 0. The van der Waals surface area contributed by atoms with E-state index >= 15 is 0 Å². The smallest absolute Gasteiger partial charge is 0.137 e. The van der Waals surface area contributed by atoms with Gasteiger partial charge < -0.3 is 15.2 Å². The molecule has 0 unspecified atom stereocenters. The van der Waals surface area contributed by atoms with Crippen molar-refractivity contribution in [2.45, 2.75) is 38.8 Å². The topological polar surface area (TPSA) is 61.8 Å². The number of benzene rings is 1. The van der Waals surface area contributed by atoms with Gasteiger partial charge in [0, 0.05) is 55.7 Å². The fourth-order valence-corrected chi connectivity index (χ4v) is 5.21. The van der Waals surface area contributed by atoms with E-state index in [1.54, 1.807) is 0 Å². The Morgan fingerprint density at radius 3 is 2.87 bits per heavy atom. The number of hydrogen-bond acceptors (Lipinski definition) is 4. The molecule has 0 aliphatic carbocycles. The molecule has 0 saturated carbocycles. The van der Waals surface area contributed by atoms with Crippen molar-refractivity contribution in [1.29, 1.82) is 0 Å². The number of fused-ring (bicyclic) bond motifs is 2. The van der Waals surface area contributed by atoms with Crippen LogP contribution in [0, 0.1) is 6.92 Å². The first-order valence-electron chi connectivity index (χ1n) is 11.2. The lowest BCUT2D eigenvalue weighted by Crippen LogP contribution is -2.32. The first-order chi connectivity index (χ1) is 15.2. The maximum Gasteiger partial charge on any atom is 0.137 e. The summed E-state index contributed by atoms with van der Waals surface area (Å²) in [6.07, 6.45) is 11.6. The second-order valence-corrected chi connectivity index (χ2v) is 8.99. The Bertz CT molecular complexity index is 1260. The molecule has 4 aromatic rings. The van der Waals surface area contributed by atoms with E-state index in [2.05, 4.69) is 56.6 Å². The summed E-state index contributed by atoms with van der Waals surface area (Å²) in [5.41, 5.74) is 10.3. The average molecular weight is 413 g/mol. The van der Waals surface area contributed by atoms with Crippen LogP contribution in [0.2, 0.25) is 0 Å². The van der Waals surface area contributed by atoms with Crippen molar-refractivity contribution < 1.29 is 0 Å². The lowest BCUT2D eigenvalue weighted by atomic mass is 9.87. The predicted octanol–water partition coefficient (Wildman–Crippen LogP) is 4.26. The first-order valence-corrected chi connectivity index (χ1v) is 11.2. The molecule has 6 nitrogen and oxygen atoms in total. The molecule has 2 N–H and O–H groups in total. The highest BCUT2D eigenvalue weighted by Crippen LogP contribution is 2.37. The molecular weight excluding hydrogens is 384 g/mol. The van der Waals surface area contributed by atoms with Gasteiger partial charge >= 0.3 is 0 Å². The molecule has 31 heavy (non-hydrogen) atoms. The standard InChI is InChI=1S/C25H28N6/c1-16-11-27-25-21(16)10-19(12-28-25)18-8-17-5-7-31(20-13-29-30(2)14-20)15-23(17)22(9-18)24-4-3-6-26-24/h8-14,24,26H,3-7,15H2,1-2H3,(H,27,28)/t24-/m0/s1. The highest BCUT2D eigenvalue weighted by atomic mass is 15.3. The van der Waals surface area contributed by atoms with Gasteiger partial charge in [-0.05, 0) is 72.7 Å². The molecule has 2 aliphatic heterocycles. The van der Waals surface area contributed by atoms with E-state index in [1.165, 1.54) is 57.3 Å².